The SMILES string of the molecule is CC1CCC(Nc2ncnc(Cl)c2[N+](=O)[O-])C1C. The molecule has 0 aromatic carbocycles. The highest BCUT2D eigenvalue weighted by atomic mass is 35.5. The van der Waals surface area contributed by atoms with Crippen LogP contribution < -0.4 is 5.32 Å². The Morgan fingerprint density at radius 3 is 2.72 bits per heavy atom. The Kier molecular flexibility index (Phi) is 3.65. The second-order valence-electron chi connectivity index (χ2n) is 4.78. The maximum absolute atomic E-state index is 11.0. The van der Waals surface area contributed by atoms with Gasteiger partial charge in [0.25, 0.3) is 0 Å². The van der Waals surface area contributed by atoms with Crippen LogP contribution in [0.3, 0.4) is 0 Å². The van der Waals surface area contributed by atoms with Gasteiger partial charge in [-0.05, 0) is 24.7 Å². The molecule has 6 nitrogen and oxygen atoms in total. The lowest BCUT2D eigenvalue weighted by Gasteiger charge is -2.19. The molecule has 0 bridgehead atoms. The molecule has 3 unspecified atom stereocenters. The van der Waals surface area contributed by atoms with Gasteiger partial charge >= 0.3 is 5.69 Å². The van der Waals surface area contributed by atoms with Gasteiger partial charge in [-0.15, -0.1) is 0 Å². The summed E-state index contributed by atoms with van der Waals surface area (Å²) < 4.78 is 0. The smallest absolute Gasteiger partial charge is 0.348 e. The maximum Gasteiger partial charge on any atom is 0.348 e. The van der Waals surface area contributed by atoms with Gasteiger partial charge < -0.3 is 5.32 Å². The highest BCUT2D eigenvalue weighted by molar-refractivity contribution is 6.31. The minimum absolute atomic E-state index is 0.129. The van der Waals surface area contributed by atoms with Crippen molar-refractivity contribution in [3.8, 4) is 0 Å². The Bertz CT molecular complexity index is 468. The molecular weight excluding hydrogens is 256 g/mol. The van der Waals surface area contributed by atoms with E-state index in [0.29, 0.717) is 11.8 Å². The van der Waals surface area contributed by atoms with Gasteiger partial charge in [-0.3, -0.25) is 10.1 Å². The van der Waals surface area contributed by atoms with Crippen molar-refractivity contribution in [2.75, 3.05) is 5.32 Å². The van der Waals surface area contributed by atoms with Crippen molar-refractivity contribution in [1.82, 2.24) is 9.97 Å². The molecule has 2 rings (SSSR count). The van der Waals surface area contributed by atoms with Crippen LogP contribution in [0.4, 0.5) is 11.5 Å². The fourth-order valence-corrected chi connectivity index (χ4v) is 2.57. The van der Waals surface area contributed by atoms with E-state index >= 15 is 0 Å². The molecule has 1 heterocycles. The summed E-state index contributed by atoms with van der Waals surface area (Å²) in [6.07, 6.45) is 3.34. The zero-order valence-corrected chi connectivity index (χ0v) is 11.0. The third-order valence-electron chi connectivity index (χ3n) is 3.75. The van der Waals surface area contributed by atoms with Crippen molar-refractivity contribution >= 4 is 23.1 Å². The van der Waals surface area contributed by atoms with Crippen LogP contribution in [0.5, 0.6) is 0 Å². The molecule has 3 atom stereocenters. The van der Waals surface area contributed by atoms with Crippen LogP contribution in [0.2, 0.25) is 5.15 Å². The van der Waals surface area contributed by atoms with E-state index in [0.717, 1.165) is 12.8 Å². The van der Waals surface area contributed by atoms with Crippen molar-refractivity contribution in [3.63, 3.8) is 0 Å². The van der Waals surface area contributed by atoms with E-state index in [1.54, 1.807) is 0 Å². The molecule has 1 aliphatic carbocycles. The molecule has 98 valence electrons. The lowest BCUT2D eigenvalue weighted by Crippen LogP contribution is -2.25. The number of hydrogen-bond donors (Lipinski definition) is 1. The third kappa shape index (κ3) is 2.38. The number of nitro groups is 1. The average Bonchev–Trinajstić information content (AvgIpc) is 2.60. The topological polar surface area (TPSA) is 81.0 Å². The van der Waals surface area contributed by atoms with Crippen molar-refractivity contribution in [3.05, 3.63) is 21.6 Å². The summed E-state index contributed by atoms with van der Waals surface area (Å²) in [4.78, 5) is 18.0. The van der Waals surface area contributed by atoms with Crippen molar-refractivity contribution in [1.29, 1.82) is 0 Å². The van der Waals surface area contributed by atoms with Gasteiger partial charge in [0.1, 0.15) is 6.33 Å². The summed E-state index contributed by atoms with van der Waals surface area (Å²) in [5, 5.41) is 14.0. The summed E-state index contributed by atoms with van der Waals surface area (Å²) in [5.41, 5.74) is -0.245. The van der Waals surface area contributed by atoms with Crippen molar-refractivity contribution in [2.45, 2.75) is 32.7 Å². The number of halogens is 1. The predicted molar refractivity (Wildman–Crippen MR) is 68.7 cm³/mol. The first-order valence-electron chi connectivity index (χ1n) is 5.92. The minimum Gasteiger partial charge on any atom is -0.361 e. The van der Waals surface area contributed by atoms with Crippen LogP contribution in [0.1, 0.15) is 26.7 Å². The molecule has 0 saturated heterocycles. The van der Waals surface area contributed by atoms with Crippen LogP contribution in [0.25, 0.3) is 0 Å². The molecular formula is C11H15ClN4O2. The standard InChI is InChI=1S/C11H15ClN4O2/c1-6-3-4-8(7(6)2)15-11-9(16(17)18)10(12)13-5-14-11/h5-8H,3-4H2,1-2H3,(H,13,14,15). The van der Waals surface area contributed by atoms with E-state index in [2.05, 4.69) is 29.1 Å². The number of anilines is 1. The zero-order chi connectivity index (χ0) is 13.3. The minimum atomic E-state index is -0.548. The van der Waals surface area contributed by atoms with E-state index in [9.17, 15) is 10.1 Å². The lowest BCUT2D eigenvalue weighted by molar-refractivity contribution is -0.384. The quantitative estimate of drug-likeness (QED) is 0.519. The summed E-state index contributed by atoms with van der Waals surface area (Å²) in [6.45, 7) is 4.33. The fourth-order valence-electron chi connectivity index (χ4n) is 2.37. The summed E-state index contributed by atoms with van der Waals surface area (Å²) >= 11 is 5.74. The monoisotopic (exact) mass is 270 g/mol. The van der Waals surface area contributed by atoms with E-state index in [1.165, 1.54) is 6.33 Å². The van der Waals surface area contributed by atoms with Crippen LogP contribution in [-0.4, -0.2) is 20.9 Å². The maximum atomic E-state index is 11.0. The van der Waals surface area contributed by atoms with E-state index < -0.39 is 4.92 Å². The molecule has 18 heavy (non-hydrogen) atoms. The number of hydrogen-bond acceptors (Lipinski definition) is 5. The number of nitrogens with one attached hydrogen (secondary N) is 1. The lowest BCUT2D eigenvalue weighted by atomic mass is 9.98. The summed E-state index contributed by atoms with van der Waals surface area (Å²) in [6, 6.07) is 0.199. The normalized spacial score (nSPS) is 27.2. The number of nitrogens with zero attached hydrogens (tertiary/aromatic N) is 3. The molecule has 0 amide bonds. The second-order valence-corrected chi connectivity index (χ2v) is 5.14. The number of rotatable bonds is 3. The largest absolute Gasteiger partial charge is 0.361 e. The van der Waals surface area contributed by atoms with Crippen molar-refractivity contribution in [2.24, 2.45) is 11.8 Å². The van der Waals surface area contributed by atoms with Crippen LogP contribution in [0, 0.1) is 22.0 Å². The highest BCUT2D eigenvalue weighted by Crippen LogP contribution is 2.35. The predicted octanol–water partition coefficient (Wildman–Crippen LogP) is 2.88. The molecule has 1 saturated carbocycles. The molecule has 0 aliphatic heterocycles. The van der Waals surface area contributed by atoms with Gasteiger partial charge in [0.15, 0.2) is 0 Å². The summed E-state index contributed by atoms with van der Waals surface area (Å²) in [5.74, 6) is 1.28. The Hall–Kier alpha value is -1.43. The Labute approximate surface area is 110 Å². The third-order valence-corrected chi connectivity index (χ3v) is 4.02. The number of aromatic nitrogens is 2. The average molecular weight is 271 g/mol. The Morgan fingerprint density at radius 1 is 1.44 bits per heavy atom. The van der Waals surface area contributed by atoms with Crippen LogP contribution in [0.15, 0.2) is 6.33 Å². The Morgan fingerprint density at radius 2 is 2.17 bits per heavy atom. The van der Waals surface area contributed by atoms with E-state index in [1.807, 2.05) is 0 Å². The van der Waals surface area contributed by atoms with Crippen LogP contribution >= 0.6 is 11.6 Å². The van der Waals surface area contributed by atoms with Crippen LogP contribution in [-0.2, 0) is 0 Å². The molecule has 0 spiro atoms. The van der Waals surface area contributed by atoms with Gasteiger partial charge in [-0.2, -0.15) is 0 Å². The zero-order valence-electron chi connectivity index (χ0n) is 10.3. The molecule has 0 radical (unpaired) electrons. The van der Waals surface area contributed by atoms with Gasteiger partial charge in [-0.25, -0.2) is 9.97 Å². The molecule has 1 aliphatic rings. The van der Waals surface area contributed by atoms with Gasteiger partial charge in [0.2, 0.25) is 11.0 Å². The molecule has 1 N–H and O–H groups in total. The highest BCUT2D eigenvalue weighted by Gasteiger charge is 2.32. The van der Waals surface area contributed by atoms with E-state index in [-0.39, 0.29) is 22.7 Å². The molecule has 1 aromatic heterocycles. The fraction of sp³-hybridized carbons (Fsp3) is 0.636. The molecule has 1 aromatic rings. The second kappa shape index (κ2) is 5.06. The van der Waals surface area contributed by atoms with Crippen molar-refractivity contribution < 1.29 is 4.92 Å². The molecule has 1 fully saturated rings. The first-order chi connectivity index (χ1) is 8.50. The van der Waals surface area contributed by atoms with Gasteiger partial charge in [0.05, 0.1) is 4.92 Å². The first kappa shape index (κ1) is 13.0. The molecule has 7 heteroatoms. The first-order valence-corrected chi connectivity index (χ1v) is 6.30. The van der Waals surface area contributed by atoms with Gasteiger partial charge in [0, 0.05) is 6.04 Å². The summed E-state index contributed by atoms with van der Waals surface area (Å²) in [7, 11) is 0. The Balaban J connectivity index is 2.24. The van der Waals surface area contributed by atoms with Gasteiger partial charge in [-0.1, -0.05) is 25.4 Å². The van der Waals surface area contributed by atoms with E-state index in [4.69, 9.17) is 11.6 Å².